The minimum absolute atomic E-state index is 0.135. The molecule has 3 aromatic heterocycles. The molecule has 9 heteroatoms. The smallest absolute Gasteiger partial charge is 0.341 e. The van der Waals surface area contributed by atoms with Crippen molar-refractivity contribution >= 4 is 11.6 Å². The number of pyridine rings is 1. The van der Waals surface area contributed by atoms with Gasteiger partial charge < -0.3 is 9.67 Å². The molecule has 9 nitrogen and oxygen atoms in total. The van der Waals surface area contributed by atoms with E-state index < -0.39 is 11.5 Å². The summed E-state index contributed by atoms with van der Waals surface area (Å²) in [5, 5.41) is 23.9. The summed E-state index contributed by atoms with van der Waals surface area (Å²) in [5.41, 5.74) is 0.157. The second-order valence-corrected chi connectivity index (χ2v) is 4.01. The maximum atomic E-state index is 11.9. The van der Waals surface area contributed by atoms with Gasteiger partial charge in [0, 0.05) is 6.20 Å². The second-order valence-electron chi connectivity index (χ2n) is 4.01. The third-order valence-electron chi connectivity index (χ3n) is 2.71. The van der Waals surface area contributed by atoms with Crippen LogP contribution in [-0.2, 0) is 6.54 Å². The van der Waals surface area contributed by atoms with Crippen molar-refractivity contribution in [2.24, 2.45) is 0 Å². The second kappa shape index (κ2) is 4.53. The van der Waals surface area contributed by atoms with Crippen molar-refractivity contribution in [1.29, 1.82) is 0 Å². The molecule has 0 aliphatic rings. The van der Waals surface area contributed by atoms with E-state index in [2.05, 4.69) is 20.6 Å². The predicted octanol–water partition coefficient (Wildman–Crippen LogP) is -0.573. The van der Waals surface area contributed by atoms with Gasteiger partial charge in [0.2, 0.25) is 0 Å². The number of hydrogen-bond acceptors (Lipinski definition) is 6. The topological polar surface area (TPSA) is 115 Å². The van der Waals surface area contributed by atoms with Crippen LogP contribution in [0, 0.1) is 0 Å². The Morgan fingerprint density at radius 3 is 2.95 bits per heavy atom. The van der Waals surface area contributed by atoms with Gasteiger partial charge in [-0.05, 0) is 34.7 Å². The van der Waals surface area contributed by atoms with Crippen LogP contribution in [0.25, 0.3) is 5.65 Å². The summed E-state index contributed by atoms with van der Waals surface area (Å²) in [5.74, 6) is -1.26. The van der Waals surface area contributed by atoms with Crippen molar-refractivity contribution in [3.8, 4) is 0 Å². The summed E-state index contributed by atoms with van der Waals surface area (Å²) in [7, 11) is 0. The van der Waals surface area contributed by atoms with E-state index in [1.807, 2.05) is 0 Å². The fraction of sp³-hybridized carbons (Fsp3) is 0.0909. The zero-order valence-electron chi connectivity index (χ0n) is 10.0. The molecule has 0 spiro atoms. The summed E-state index contributed by atoms with van der Waals surface area (Å²) < 4.78 is 2.50. The van der Waals surface area contributed by atoms with Crippen molar-refractivity contribution in [2.75, 3.05) is 0 Å². The first-order valence-electron chi connectivity index (χ1n) is 5.62. The van der Waals surface area contributed by atoms with E-state index in [0.717, 1.165) is 0 Å². The quantitative estimate of drug-likeness (QED) is 0.678. The highest BCUT2D eigenvalue weighted by Gasteiger charge is 2.11. The molecule has 0 aromatic carbocycles. The van der Waals surface area contributed by atoms with Crippen LogP contribution in [0.2, 0.25) is 0 Å². The molecule has 0 saturated carbocycles. The Kier molecular flexibility index (Phi) is 2.71. The third kappa shape index (κ3) is 2.00. The molecule has 3 aromatic rings. The van der Waals surface area contributed by atoms with Gasteiger partial charge in [0.25, 0.3) is 5.56 Å². The van der Waals surface area contributed by atoms with Crippen LogP contribution in [0.15, 0.2) is 35.3 Å². The molecule has 3 rings (SSSR count). The molecule has 3 heterocycles. The lowest BCUT2D eigenvalue weighted by atomic mass is 10.2. The molecule has 0 radical (unpaired) electrons. The fourth-order valence-electron chi connectivity index (χ4n) is 1.77. The average molecular weight is 272 g/mol. The van der Waals surface area contributed by atoms with E-state index in [9.17, 15) is 9.59 Å². The van der Waals surface area contributed by atoms with Gasteiger partial charge in [0.15, 0.2) is 5.65 Å². The number of hydrogen-bond donors (Lipinski definition) is 1. The molecule has 1 N–H and O–H groups in total. The average Bonchev–Trinajstić information content (AvgIpc) is 2.88. The molecule has 0 amide bonds. The van der Waals surface area contributed by atoms with Crippen LogP contribution < -0.4 is 5.56 Å². The Bertz CT molecular complexity index is 852. The standard InChI is InChI=1S/C11H8N6O3/c18-10-8(11(19)20)2-1-5-16(10)6-7-3-4-9-12-14-15-17(9)13-7/h1-5H,6H2,(H,19,20). The predicted molar refractivity (Wildman–Crippen MR) is 65.3 cm³/mol. The van der Waals surface area contributed by atoms with Crippen molar-refractivity contribution in [3.05, 3.63) is 52.1 Å². The molecular weight excluding hydrogens is 264 g/mol. The Morgan fingerprint density at radius 1 is 1.30 bits per heavy atom. The third-order valence-corrected chi connectivity index (χ3v) is 2.71. The Labute approximate surface area is 111 Å². The number of nitrogens with zero attached hydrogens (tertiary/aromatic N) is 6. The lowest BCUT2D eigenvalue weighted by Gasteiger charge is -2.05. The highest BCUT2D eigenvalue weighted by molar-refractivity contribution is 5.86. The van der Waals surface area contributed by atoms with E-state index in [1.54, 1.807) is 12.1 Å². The zero-order valence-corrected chi connectivity index (χ0v) is 10.0. The highest BCUT2D eigenvalue weighted by atomic mass is 16.4. The van der Waals surface area contributed by atoms with E-state index in [1.165, 1.54) is 27.5 Å². The van der Waals surface area contributed by atoms with E-state index in [4.69, 9.17) is 5.11 Å². The van der Waals surface area contributed by atoms with Crippen LogP contribution in [0.4, 0.5) is 0 Å². The van der Waals surface area contributed by atoms with Crippen molar-refractivity contribution in [2.45, 2.75) is 6.54 Å². The van der Waals surface area contributed by atoms with Crippen molar-refractivity contribution < 1.29 is 9.90 Å². The molecule has 0 atom stereocenters. The van der Waals surface area contributed by atoms with E-state index in [-0.39, 0.29) is 12.1 Å². The lowest BCUT2D eigenvalue weighted by Crippen LogP contribution is -2.26. The van der Waals surface area contributed by atoms with Gasteiger partial charge >= 0.3 is 5.97 Å². The first-order valence-corrected chi connectivity index (χ1v) is 5.62. The monoisotopic (exact) mass is 272 g/mol. The fourth-order valence-corrected chi connectivity index (χ4v) is 1.77. The van der Waals surface area contributed by atoms with Gasteiger partial charge in [-0.15, -0.1) is 9.73 Å². The summed E-state index contributed by atoms with van der Waals surface area (Å²) in [4.78, 5) is 22.8. The number of rotatable bonds is 3. The SMILES string of the molecule is O=C(O)c1cccn(Cc2ccc3nnnn3n2)c1=O. The van der Waals surface area contributed by atoms with Gasteiger partial charge in [0.05, 0.1) is 12.2 Å². The van der Waals surface area contributed by atoms with Crippen LogP contribution in [0.1, 0.15) is 16.1 Å². The van der Waals surface area contributed by atoms with Gasteiger partial charge in [0.1, 0.15) is 5.56 Å². The van der Waals surface area contributed by atoms with Crippen LogP contribution in [0.5, 0.6) is 0 Å². The minimum Gasteiger partial charge on any atom is -0.477 e. The van der Waals surface area contributed by atoms with Crippen LogP contribution >= 0.6 is 0 Å². The van der Waals surface area contributed by atoms with Crippen LogP contribution in [-0.4, -0.2) is 40.9 Å². The van der Waals surface area contributed by atoms with E-state index in [0.29, 0.717) is 11.3 Å². The number of aromatic carboxylic acids is 1. The minimum atomic E-state index is -1.26. The van der Waals surface area contributed by atoms with Gasteiger partial charge in [-0.2, -0.15) is 5.10 Å². The molecule has 0 bridgehead atoms. The normalized spacial score (nSPS) is 10.8. The van der Waals surface area contributed by atoms with Gasteiger partial charge in [-0.25, -0.2) is 4.79 Å². The summed E-state index contributed by atoms with van der Waals surface area (Å²) in [6.07, 6.45) is 1.50. The number of carboxylic acids is 1. The maximum absolute atomic E-state index is 11.9. The molecule has 100 valence electrons. The number of aromatic nitrogens is 6. The largest absolute Gasteiger partial charge is 0.477 e. The Morgan fingerprint density at radius 2 is 2.15 bits per heavy atom. The molecular formula is C11H8N6O3. The summed E-state index contributed by atoms with van der Waals surface area (Å²) >= 11 is 0. The van der Waals surface area contributed by atoms with Crippen molar-refractivity contribution in [1.82, 2.24) is 29.8 Å². The number of fused-ring (bicyclic) bond motifs is 1. The molecule has 0 saturated heterocycles. The van der Waals surface area contributed by atoms with Gasteiger partial charge in [-0.1, -0.05) is 0 Å². The Balaban J connectivity index is 2.00. The summed E-state index contributed by atoms with van der Waals surface area (Å²) in [6.45, 7) is 0.135. The van der Waals surface area contributed by atoms with Crippen LogP contribution in [0.3, 0.4) is 0 Å². The van der Waals surface area contributed by atoms with Gasteiger partial charge in [-0.3, -0.25) is 4.79 Å². The summed E-state index contributed by atoms with van der Waals surface area (Å²) in [6, 6.07) is 6.10. The first kappa shape index (κ1) is 12.0. The Hall–Kier alpha value is -3.10. The number of carboxylic acid groups (broad SMARTS) is 1. The molecule has 0 fully saturated rings. The molecule has 0 aliphatic heterocycles. The lowest BCUT2D eigenvalue weighted by molar-refractivity contribution is 0.0694. The number of tetrazole rings is 1. The molecule has 0 unspecified atom stereocenters. The van der Waals surface area contributed by atoms with E-state index >= 15 is 0 Å². The van der Waals surface area contributed by atoms with Crippen molar-refractivity contribution in [3.63, 3.8) is 0 Å². The maximum Gasteiger partial charge on any atom is 0.341 e. The molecule has 20 heavy (non-hydrogen) atoms. The molecule has 0 aliphatic carbocycles. The zero-order chi connectivity index (χ0) is 14.1. The number of carbonyl (C=O) groups is 1. The first-order chi connectivity index (χ1) is 9.65. The highest BCUT2D eigenvalue weighted by Crippen LogP contribution is 2.00.